The molecule has 0 spiro atoms. The van der Waals surface area contributed by atoms with Gasteiger partial charge in [-0.3, -0.25) is 0 Å². The topological polar surface area (TPSA) is 93.1 Å². The number of carbonyl (C=O) groups is 3. The minimum absolute atomic E-state index is 0.293. The number of rotatable bonds is 18. The fraction of sp³-hybridized carbons (Fsp3) is 0.875. The second kappa shape index (κ2) is 15.4. The normalized spacial score (nSPS) is 15.8. The van der Waals surface area contributed by atoms with E-state index in [1.807, 2.05) is 60.5 Å². The molecule has 0 aliphatic carbocycles. The third kappa shape index (κ3) is 11.1. The van der Waals surface area contributed by atoms with Crippen LogP contribution in [0.1, 0.15) is 73.6 Å². The van der Waals surface area contributed by atoms with E-state index in [1.165, 1.54) is 0 Å². The third-order valence-corrected chi connectivity index (χ3v) is 10.1. The summed E-state index contributed by atoms with van der Waals surface area (Å²) in [6, 6.07) is 0. The van der Waals surface area contributed by atoms with Crippen molar-refractivity contribution in [1.82, 2.24) is 4.90 Å². The van der Waals surface area contributed by atoms with Crippen LogP contribution in [-0.4, -0.2) is 61.8 Å². The summed E-state index contributed by atoms with van der Waals surface area (Å²) in [6.07, 6.45) is 3.49. The van der Waals surface area contributed by atoms with E-state index in [4.69, 9.17) is 9.47 Å². The van der Waals surface area contributed by atoms with E-state index in [1.54, 1.807) is 0 Å². The maximum atomic E-state index is 12.8. The van der Waals surface area contributed by atoms with Gasteiger partial charge in [0.2, 0.25) is 0 Å². The Labute approximate surface area is 213 Å². The predicted octanol–water partition coefficient (Wildman–Crippen LogP) is 5.09. The van der Waals surface area contributed by atoms with Crippen LogP contribution in [0, 0.1) is 5.41 Å². The summed E-state index contributed by atoms with van der Waals surface area (Å²) >= 11 is 1.48. The van der Waals surface area contributed by atoms with Gasteiger partial charge < -0.3 is 0 Å². The van der Waals surface area contributed by atoms with Crippen LogP contribution >= 0.6 is 0 Å². The molecule has 9 heteroatoms. The molecule has 0 aromatic rings. The Hall–Kier alpha value is -0.617. The number of carboxylic acid groups (broad SMARTS) is 1. The zero-order valence-electron chi connectivity index (χ0n) is 21.7. The Morgan fingerprint density at radius 3 is 1.97 bits per heavy atom. The van der Waals surface area contributed by atoms with Crippen molar-refractivity contribution in [2.45, 2.75) is 93.1 Å². The van der Waals surface area contributed by atoms with Gasteiger partial charge in [-0.2, -0.15) is 0 Å². The van der Waals surface area contributed by atoms with Gasteiger partial charge in [0.1, 0.15) is 0 Å². The van der Waals surface area contributed by atoms with Gasteiger partial charge in [-0.05, 0) is 0 Å². The van der Waals surface area contributed by atoms with Crippen molar-refractivity contribution in [3.8, 4) is 0 Å². The Balaban J connectivity index is 5.39. The van der Waals surface area contributed by atoms with Crippen molar-refractivity contribution < 1.29 is 58.4 Å². The predicted molar refractivity (Wildman–Crippen MR) is 123 cm³/mol. The Morgan fingerprint density at radius 2 is 1.48 bits per heavy atom. The monoisotopic (exact) mass is 561 g/mol. The van der Waals surface area contributed by atoms with E-state index < -0.39 is 20.1 Å². The van der Waals surface area contributed by atoms with E-state index in [-0.39, 0.29) is 11.9 Å². The fourth-order valence-corrected chi connectivity index (χ4v) is 6.29. The van der Waals surface area contributed by atoms with E-state index in [2.05, 4.69) is 0 Å². The molecule has 0 bridgehead atoms. The average Bonchev–Trinajstić information content (AvgIpc) is 2.75. The van der Waals surface area contributed by atoms with Gasteiger partial charge in [-0.1, -0.05) is 0 Å². The zero-order chi connectivity index (χ0) is 25.7. The summed E-state index contributed by atoms with van der Waals surface area (Å²) in [4.78, 5) is 39.8. The molecule has 0 aliphatic heterocycles. The first-order valence-electron chi connectivity index (χ1n) is 11.6. The summed E-state index contributed by atoms with van der Waals surface area (Å²) < 4.78 is 9.07. The molecule has 0 radical (unpaired) electrons. The third-order valence-electron chi connectivity index (χ3n) is 5.21. The number of aliphatic carboxylic acids is 1. The quantitative estimate of drug-likeness (QED) is 0.184. The van der Waals surface area contributed by atoms with Crippen molar-refractivity contribution in [1.29, 1.82) is 0 Å². The molecule has 0 amide bonds. The second-order valence-corrected chi connectivity index (χ2v) is 12.9. The van der Waals surface area contributed by atoms with E-state index in [9.17, 15) is 19.5 Å². The molecule has 0 heterocycles. The van der Waals surface area contributed by atoms with Gasteiger partial charge >= 0.3 is 213 Å². The molecule has 0 saturated heterocycles. The van der Waals surface area contributed by atoms with Gasteiger partial charge in [0.05, 0.1) is 0 Å². The van der Waals surface area contributed by atoms with E-state index in [0.29, 0.717) is 64.4 Å². The molecular weight excluding hydrogens is 516 g/mol. The van der Waals surface area contributed by atoms with Crippen molar-refractivity contribution in [2.75, 3.05) is 33.9 Å². The summed E-state index contributed by atoms with van der Waals surface area (Å²) in [5.41, 5.74) is -0.780. The molecule has 0 aliphatic rings. The minimum atomic E-state index is -1.04. The maximum absolute atomic E-state index is 12.8. The first kappa shape index (κ1) is 32.4. The van der Waals surface area contributed by atoms with E-state index in [0.717, 1.165) is 27.5 Å². The number of hydrogen-bond acceptors (Lipinski definition) is 6. The van der Waals surface area contributed by atoms with Gasteiger partial charge in [0.15, 0.2) is 0 Å². The number of carboxylic acids is 1. The fourth-order valence-electron chi connectivity index (χ4n) is 2.52. The molecule has 0 saturated carbocycles. The average molecular weight is 561 g/mol. The number of likely N-dealkylation sites (N-methyl/N-ethyl adjacent to an activating group) is 1. The summed E-state index contributed by atoms with van der Waals surface area (Å²) in [7, 11) is 3.83. The van der Waals surface area contributed by atoms with Crippen LogP contribution in [0.3, 0.4) is 0 Å². The summed E-state index contributed by atoms with van der Waals surface area (Å²) in [6.45, 7) is 12.7. The number of nitrogens with zero attached hydrogens (tertiary/aromatic N) is 1. The van der Waals surface area contributed by atoms with Crippen molar-refractivity contribution in [3.05, 3.63) is 0 Å². The molecule has 0 aromatic heterocycles. The Bertz CT molecular complexity index is 628. The van der Waals surface area contributed by atoms with Crippen LogP contribution in [0.2, 0.25) is 19.4 Å². The standard InChI is InChI=1S/C9H18NO2.C9H17O2.C6H10O2.2Co/c1-5-8(2)9(11)12-7-6-10(3)4;1-5-6-7-11-8(10)9(2,3)4;1-3-4-5(2)6(7)8;;/h5-7H2,1-4H3;2,5-7H2,1,3-4H3;2-4H2,1H3,(H,7,8);;. The second-order valence-electron chi connectivity index (χ2n) is 9.26. The first-order valence-corrected chi connectivity index (χ1v) is 14.1. The zero-order valence-corrected chi connectivity index (χ0v) is 23.8. The van der Waals surface area contributed by atoms with Crippen LogP contribution in [0.4, 0.5) is 0 Å². The SMILES string of the molecule is CCCCOC(=O)C(C)(C)[CH2][Co][C](CCC)([CH2][Co][C](C)(CC)C(=O)OCCN(C)C)C(=O)O. The number of esters is 2. The van der Waals surface area contributed by atoms with Crippen LogP contribution in [0.15, 0.2) is 0 Å². The van der Waals surface area contributed by atoms with Crippen molar-refractivity contribution >= 4 is 17.9 Å². The van der Waals surface area contributed by atoms with Crippen LogP contribution in [0.5, 0.6) is 0 Å². The Kier molecular flexibility index (Phi) is 15.1. The van der Waals surface area contributed by atoms with Crippen LogP contribution in [-0.2, 0) is 53.3 Å². The molecular formula is C24H45Co2NO6. The molecule has 2 unspecified atom stereocenters. The molecule has 0 rings (SSSR count). The molecule has 1 N–H and O–H groups in total. The van der Waals surface area contributed by atoms with Gasteiger partial charge in [-0.25, -0.2) is 0 Å². The van der Waals surface area contributed by atoms with Crippen molar-refractivity contribution in [2.24, 2.45) is 5.41 Å². The molecule has 200 valence electrons. The first-order chi connectivity index (χ1) is 15.3. The van der Waals surface area contributed by atoms with Crippen LogP contribution in [0.25, 0.3) is 0 Å². The van der Waals surface area contributed by atoms with E-state index >= 15 is 0 Å². The van der Waals surface area contributed by atoms with Gasteiger partial charge in [-0.15, -0.1) is 0 Å². The number of ether oxygens (including phenoxy) is 2. The Morgan fingerprint density at radius 1 is 0.879 bits per heavy atom. The van der Waals surface area contributed by atoms with Crippen LogP contribution < -0.4 is 0 Å². The van der Waals surface area contributed by atoms with Gasteiger partial charge in [0, 0.05) is 0 Å². The molecule has 7 nitrogen and oxygen atoms in total. The number of unbranched alkanes of at least 4 members (excludes halogenated alkanes) is 1. The van der Waals surface area contributed by atoms with Gasteiger partial charge in [0.25, 0.3) is 0 Å². The van der Waals surface area contributed by atoms with Crippen molar-refractivity contribution in [3.63, 3.8) is 0 Å². The summed E-state index contributed by atoms with van der Waals surface area (Å²) in [5, 5.41) is 10.9. The molecule has 2 atom stereocenters. The molecule has 0 fully saturated rings. The molecule has 33 heavy (non-hydrogen) atoms. The number of carbonyl (C=O) groups excluding carboxylic acids is 2. The number of hydrogen-bond donors (Lipinski definition) is 1. The summed E-state index contributed by atoms with van der Waals surface area (Å²) in [5.74, 6) is -1.47. The molecule has 0 aromatic carbocycles.